The second-order valence-electron chi connectivity index (χ2n) is 4.18. The molecule has 1 N–H and O–H groups in total. The van der Waals surface area contributed by atoms with E-state index in [1.165, 1.54) is 6.33 Å². The molecule has 0 unspecified atom stereocenters. The largest absolute Gasteiger partial charge is 3.00 e. The van der Waals surface area contributed by atoms with Crippen LogP contribution in [-0.4, -0.2) is 21.0 Å². The Labute approximate surface area is 139 Å². The van der Waals surface area contributed by atoms with Crippen molar-refractivity contribution in [2.75, 3.05) is 0 Å². The fraction of sp³-hybridized carbons (Fsp3) is 0.286. The van der Waals surface area contributed by atoms with Gasteiger partial charge in [-0.3, -0.25) is 4.79 Å². The zero-order chi connectivity index (χ0) is 12.5. The monoisotopic (exact) mass is 334 g/mol. The molecule has 0 saturated carbocycles. The van der Waals surface area contributed by atoms with E-state index in [9.17, 15) is 4.79 Å². The molecule has 19 heavy (non-hydrogen) atoms. The average Bonchev–Trinajstić information content (AvgIpc) is 2.64. The van der Waals surface area contributed by atoms with Crippen LogP contribution in [0.25, 0.3) is 5.57 Å². The van der Waals surface area contributed by atoms with Crippen molar-refractivity contribution in [1.82, 2.24) is 9.97 Å². The second-order valence-corrected chi connectivity index (χ2v) is 4.18. The summed E-state index contributed by atoms with van der Waals surface area (Å²) in [5, 5.41) is 8.90. The molecule has 1 aliphatic rings. The molecular formula is C14H17N2O2Y. The van der Waals surface area contributed by atoms with E-state index >= 15 is 0 Å². The minimum absolute atomic E-state index is 0. The molecule has 0 fully saturated rings. The maximum absolute atomic E-state index is 10.8. The smallest absolute Gasteiger partial charge is 0.481 e. The molecule has 0 amide bonds. The van der Waals surface area contributed by atoms with Crippen molar-refractivity contribution in [2.45, 2.75) is 24.7 Å². The van der Waals surface area contributed by atoms with Gasteiger partial charge in [-0.2, -0.15) is 12.8 Å². The Morgan fingerprint density at radius 1 is 1.37 bits per heavy atom. The van der Waals surface area contributed by atoms with Crippen LogP contribution in [0.1, 0.15) is 30.5 Å². The van der Waals surface area contributed by atoms with Gasteiger partial charge in [-0.25, -0.2) is 9.97 Å². The fourth-order valence-electron chi connectivity index (χ4n) is 2.26. The molecular weight excluding hydrogens is 317 g/mol. The summed E-state index contributed by atoms with van der Waals surface area (Å²) in [6.07, 6.45) is 6.32. The van der Waals surface area contributed by atoms with Crippen molar-refractivity contribution in [3.63, 3.8) is 0 Å². The van der Waals surface area contributed by atoms with Crippen LogP contribution >= 0.6 is 0 Å². The summed E-state index contributed by atoms with van der Waals surface area (Å²) in [6.45, 7) is 7.86. The van der Waals surface area contributed by atoms with Crippen LogP contribution in [0.15, 0.2) is 18.6 Å². The van der Waals surface area contributed by atoms with Gasteiger partial charge >= 0.3 is 38.7 Å². The van der Waals surface area contributed by atoms with Crippen molar-refractivity contribution in [3.8, 4) is 0 Å². The van der Waals surface area contributed by atoms with Crippen LogP contribution in [-0.2, 0) is 42.9 Å². The molecule has 1 aromatic rings. The number of rotatable bonds is 4. The van der Waals surface area contributed by atoms with Crippen molar-refractivity contribution in [1.29, 1.82) is 0 Å². The molecule has 0 atom stereocenters. The summed E-state index contributed by atoms with van der Waals surface area (Å²) in [4.78, 5) is 19.1. The first kappa shape index (κ1) is 18.4. The quantitative estimate of drug-likeness (QED) is 0.860. The standard InChI is InChI=1S/C13H14N2O2.CH3.Y/c1-3-13(4-2)6-9(5-11(16)17)10-7-14-8-15-12(10)13;;/h6-8H,1-5H2,(H,16,17);1H3;/q-2;-1;+3. The fourth-order valence-corrected chi connectivity index (χ4v) is 2.26. The van der Waals surface area contributed by atoms with Crippen LogP contribution in [0.5, 0.6) is 0 Å². The topological polar surface area (TPSA) is 63.1 Å². The molecule has 1 aliphatic carbocycles. The number of aliphatic carboxylic acids is 1. The molecule has 0 bridgehead atoms. The van der Waals surface area contributed by atoms with Crippen molar-refractivity contribution in [3.05, 3.63) is 51.1 Å². The van der Waals surface area contributed by atoms with E-state index in [2.05, 4.69) is 23.8 Å². The Morgan fingerprint density at radius 3 is 2.53 bits per heavy atom. The van der Waals surface area contributed by atoms with E-state index in [0.717, 1.165) is 16.8 Å². The molecule has 1 aromatic heterocycles. The van der Waals surface area contributed by atoms with E-state index in [4.69, 9.17) is 5.11 Å². The third kappa shape index (κ3) is 3.29. The van der Waals surface area contributed by atoms with Crippen LogP contribution in [0.4, 0.5) is 0 Å². The normalized spacial score (nSPS) is 14.7. The van der Waals surface area contributed by atoms with Gasteiger partial charge in [-0.15, -0.1) is 0 Å². The molecule has 4 nitrogen and oxygen atoms in total. The van der Waals surface area contributed by atoms with E-state index in [0.29, 0.717) is 12.8 Å². The van der Waals surface area contributed by atoms with Gasteiger partial charge in [-0.05, 0) is 11.0 Å². The van der Waals surface area contributed by atoms with E-state index in [1.807, 2.05) is 6.08 Å². The van der Waals surface area contributed by atoms with E-state index in [-0.39, 0.29) is 52.0 Å². The molecule has 0 radical (unpaired) electrons. The number of carboxylic acid groups (broad SMARTS) is 1. The summed E-state index contributed by atoms with van der Waals surface area (Å²) in [5.41, 5.74) is 2.11. The molecule has 0 aliphatic heterocycles. The number of hydrogen-bond acceptors (Lipinski definition) is 3. The van der Waals surface area contributed by atoms with Gasteiger partial charge in [0, 0.05) is 11.8 Å². The minimum atomic E-state index is -0.852. The summed E-state index contributed by atoms with van der Waals surface area (Å²) in [7, 11) is 0. The minimum Gasteiger partial charge on any atom is -0.481 e. The molecule has 0 spiro atoms. The summed E-state index contributed by atoms with van der Waals surface area (Å²) in [6, 6.07) is 0. The number of aromatic nitrogens is 2. The third-order valence-electron chi connectivity index (χ3n) is 3.21. The Bertz CT molecular complexity index is 482. The average molecular weight is 334 g/mol. The Morgan fingerprint density at radius 2 is 2.00 bits per heavy atom. The molecule has 98 valence electrons. The summed E-state index contributed by atoms with van der Waals surface area (Å²) < 4.78 is 0. The number of nitrogens with zero attached hydrogens (tertiary/aromatic N) is 2. The predicted octanol–water partition coefficient (Wildman–Crippen LogP) is 2.48. The van der Waals surface area contributed by atoms with Crippen LogP contribution in [0.2, 0.25) is 0 Å². The van der Waals surface area contributed by atoms with Crippen molar-refractivity contribution < 1.29 is 42.6 Å². The number of carbonyl (C=O) groups is 1. The van der Waals surface area contributed by atoms with E-state index < -0.39 is 5.97 Å². The van der Waals surface area contributed by atoms with Crippen molar-refractivity contribution in [2.24, 2.45) is 0 Å². The zero-order valence-electron chi connectivity index (χ0n) is 11.1. The predicted molar refractivity (Wildman–Crippen MR) is 70.3 cm³/mol. The van der Waals surface area contributed by atoms with Crippen LogP contribution in [0.3, 0.4) is 0 Å². The number of carboxylic acids is 1. The van der Waals surface area contributed by atoms with Gasteiger partial charge in [0.2, 0.25) is 0 Å². The molecule has 0 saturated heterocycles. The van der Waals surface area contributed by atoms with E-state index in [1.54, 1.807) is 6.20 Å². The van der Waals surface area contributed by atoms with Gasteiger partial charge in [0.05, 0.1) is 12.1 Å². The number of hydrogen-bond donors (Lipinski definition) is 1. The first-order chi connectivity index (χ1) is 8.13. The number of allylic oxidation sites excluding steroid dienone is 1. The molecule has 5 heteroatoms. The molecule has 2 rings (SSSR count). The second kappa shape index (κ2) is 7.25. The van der Waals surface area contributed by atoms with Gasteiger partial charge in [-0.1, -0.05) is 6.08 Å². The Hall–Kier alpha value is -0.606. The van der Waals surface area contributed by atoms with Crippen LogP contribution < -0.4 is 0 Å². The maximum Gasteiger partial charge on any atom is 3.00 e. The maximum atomic E-state index is 10.8. The first-order valence-corrected chi connectivity index (χ1v) is 5.46. The third-order valence-corrected chi connectivity index (χ3v) is 3.21. The number of fused-ring (bicyclic) bond motifs is 1. The van der Waals surface area contributed by atoms with Crippen LogP contribution in [0, 0.1) is 21.3 Å². The van der Waals surface area contributed by atoms with Gasteiger partial charge in [0.15, 0.2) is 0 Å². The van der Waals surface area contributed by atoms with Gasteiger partial charge in [0.25, 0.3) is 0 Å². The Balaban J connectivity index is 0.00000162. The summed E-state index contributed by atoms with van der Waals surface area (Å²) in [5.74, 6) is -0.852. The van der Waals surface area contributed by atoms with Crippen molar-refractivity contribution >= 4 is 11.5 Å². The van der Waals surface area contributed by atoms with Gasteiger partial charge in [0.1, 0.15) is 6.33 Å². The summed E-state index contributed by atoms with van der Waals surface area (Å²) >= 11 is 0. The Kier molecular flexibility index (Phi) is 7.02. The van der Waals surface area contributed by atoms with Gasteiger partial charge < -0.3 is 26.4 Å². The SMILES string of the molecule is [CH2-]CC1(C[CH2-])C=C(CC(=O)O)c2cncnc21.[CH3-].[Y+3]. The molecule has 1 heterocycles. The molecule has 0 aromatic carbocycles. The first-order valence-electron chi connectivity index (χ1n) is 5.46. The zero-order valence-corrected chi connectivity index (χ0v) is 13.9.